The lowest BCUT2D eigenvalue weighted by Crippen LogP contribution is -2.11. The number of amides is 1. The third kappa shape index (κ3) is 1.98. The molecule has 5 nitrogen and oxygen atoms in total. The summed E-state index contributed by atoms with van der Waals surface area (Å²) in [6, 6.07) is 1.65. The lowest BCUT2D eigenvalue weighted by atomic mass is 10.2. The Hall–Kier alpha value is -2.04. The predicted molar refractivity (Wildman–Crippen MR) is 59.3 cm³/mol. The Balaban J connectivity index is 2.11. The van der Waals surface area contributed by atoms with Crippen LogP contribution in [-0.2, 0) is 6.54 Å². The van der Waals surface area contributed by atoms with Crippen LogP contribution >= 0.6 is 0 Å². The van der Waals surface area contributed by atoms with Crippen LogP contribution in [0.3, 0.4) is 0 Å². The zero-order valence-corrected chi connectivity index (χ0v) is 9.23. The van der Waals surface area contributed by atoms with Crippen molar-refractivity contribution in [2.24, 2.45) is 0 Å². The Labute approximate surface area is 93.1 Å². The van der Waals surface area contributed by atoms with E-state index in [0.717, 1.165) is 6.54 Å². The van der Waals surface area contributed by atoms with Crippen LogP contribution in [0.5, 0.6) is 0 Å². The van der Waals surface area contributed by atoms with Gasteiger partial charge in [-0.1, -0.05) is 0 Å². The van der Waals surface area contributed by atoms with Crippen LogP contribution < -0.4 is 5.32 Å². The van der Waals surface area contributed by atoms with E-state index in [0.29, 0.717) is 17.0 Å². The first kappa shape index (κ1) is 10.5. The second kappa shape index (κ2) is 4.22. The fourth-order valence-corrected chi connectivity index (χ4v) is 1.42. The van der Waals surface area contributed by atoms with Gasteiger partial charge in [-0.25, -0.2) is 0 Å². The van der Waals surface area contributed by atoms with Gasteiger partial charge in [0.25, 0.3) is 5.91 Å². The average molecular weight is 219 g/mol. The first-order chi connectivity index (χ1) is 7.70. The molecule has 1 N–H and O–H groups in total. The van der Waals surface area contributed by atoms with Crippen molar-refractivity contribution < 1.29 is 9.21 Å². The quantitative estimate of drug-likeness (QED) is 0.859. The topological polar surface area (TPSA) is 60.1 Å². The van der Waals surface area contributed by atoms with Crippen LogP contribution in [0.4, 0.5) is 5.69 Å². The van der Waals surface area contributed by atoms with E-state index in [1.165, 1.54) is 6.26 Å². The summed E-state index contributed by atoms with van der Waals surface area (Å²) in [6.45, 7) is 4.52. The fourth-order valence-electron chi connectivity index (χ4n) is 1.42. The van der Waals surface area contributed by atoms with Crippen molar-refractivity contribution in [2.45, 2.75) is 20.4 Å². The lowest BCUT2D eigenvalue weighted by molar-refractivity contribution is 0.102. The largest absolute Gasteiger partial charge is 0.469 e. The van der Waals surface area contributed by atoms with Crippen LogP contribution in [0.2, 0.25) is 0 Å². The fraction of sp³-hybridized carbons (Fsp3) is 0.273. The summed E-state index contributed by atoms with van der Waals surface area (Å²) < 4.78 is 6.82. The summed E-state index contributed by atoms with van der Waals surface area (Å²) in [5.41, 5.74) is 1.23. The number of hydrogen-bond acceptors (Lipinski definition) is 3. The third-order valence-electron chi connectivity index (χ3n) is 2.32. The summed E-state index contributed by atoms with van der Waals surface area (Å²) in [7, 11) is 0. The molecule has 0 aromatic carbocycles. The molecular weight excluding hydrogens is 206 g/mol. The molecule has 0 unspecified atom stereocenters. The third-order valence-corrected chi connectivity index (χ3v) is 2.32. The van der Waals surface area contributed by atoms with Crippen LogP contribution in [0.15, 0.2) is 29.1 Å². The van der Waals surface area contributed by atoms with Crippen molar-refractivity contribution in [1.82, 2.24) is 9.78 Å². The molecule has 2 heterocycles. The monoisotopic (exact) mass is 219 g/mol. The van der Waals surface area contributed by atoms with Gasteiger partial charge in [0.15, 0.2) is 0 Å². The molecule has 0 saturated heterocycles. The molecule has 2 rings (SSSR count). The maximum absolute atomic E-state index is 11.8. The zero-order valence-electron chi connectivity index (χ0n) is 9.23. The van der Waals surface area contributed by atoms with Gasteiger partial charge in [0.1, 0.15) is 5.76 Å². The minimum atomic E-state index is -0.179. The molecule has 16 heavy (non-hydrogen) atoms. The minimum Gasteiger partial charge on any atom is -0.469 e. The molecule has 1 amide bonds. The van der Waals surface area contributed by atoms with E-state index < -0.39 is 0 Å². The standard InChI is InChI=1S/C11H13N3O2/c1-3-14-7-9(6-12-14)13-11(15)10-4-5-16-8(10)2/h4-7H,3H2,1-2H3,(H,13,15). The van der Waals surface area contributed by atoms with Crippen LogP contribution in [0.25, 0.3) is 0 Å². The number of aromatic nitrogens is 2. The van der Waals surface area contributed by atoms with Gasteiger partial charge in [0.2, 0.25) is 0 Å². The molecule has 0 spiro atoms. The van der Waals surface area contributed by atoms with Gasteiger partial charge in [-0.15, -0.1) is 0 Å². The molecular formula is C11H13N3O2. The molecule has 5 heteroatoms. The molecule has 0 saturated carbocycles. The molecule has 0 fully saturated rings. The summed E-state index contributed by atoms with van der Waals surface area (Å²) in [5, 5.41) is 6.83. The molecule has 0 aliphatic carbocycles. The highest BCUT2D eigenvalue weighted by Crippen LogP contribution is 2.12. The van der Waals surface area contributed by atoms with Crippen molar-refractivity contribution in [3.05, 3.63) is 36.0 Å². The van der Waals surface area contributed by atoms with E-state index in [4.69, 9.17) is 4.42 Å². The van der Waals surface area contributed by atoms with Gasteiger partial charge in [0, 0.05) is 12.7 Å². The Morgan fingerprint density at radius 3 is 3.00 bits per heavy atom. The number of nitrogens with zero attached hydrogens (tertiary/aromatic N) is 2. The van der Waals surface area contributed by atoms with Crippen LogP contribution in [0, 0.1) is 6.92 Å². The summed E-state index contributed by atoms with van der Waals surface area (Å²) in [6.07, 6.45) is 4.91. The first-order valence-corrected chi connectivity index (χ1v) is 5.08. The Morgan fingerprint density at radius 1 is 1.62 bits per heavy atom. The molecule has 2 aromatic rings. The minimum absolute atomic E-state index is 0.179. The Morgan fingerprint density at radius 2 is 2.44 bits per heavy atom. The molecule has 0 atom stereocenters. The highest BCUT2D eigenvalue weighted by molar-refractivity contribution is 6.04. The van der Waals surface area contributed by atoms with Crippen molar-refractivity contribution >= 4 is 11.6 Å². The van der Waals surface area contributed by atoms with Crippen LogP contribution in [-0.4, -0.2) is 15.7 Å². The number of furan rings is 1. The number of aryl methyl sites for hydroxylation is 2. The maximum Gasteiger partial charge on any atom is 0.259 e. The molecule has 84 valence electrons. The second-order valence-electron chi connectivity index (χ2n) is 3.43. The van der Waals surface area contributed by atoms with E-state index in [-0.39, 0.29) is 5.91 Å². The van der Waals surface area contributed by atoms with E-state index in [9.17, 15) is 4.79 Å². The molecule has 0 aliphatic heterocycles. The van der Waals surface area contributed by atoms with Crippen molar-refractivity contribution in [1.29, 1.82) is 0 Å². The number of carbonyl (C=O) groups excluding carboxylic acids is 1. The number of hydrogen-bond donors (Lipinski definition) is 1. The summed E-state index contributed by atoms with van der Waals surface area (Å²) in [5.74, 6) is 0.433. The molecule has 2 aromatic heterocycles. The number of nitrogens with one attached hydrogen (secondary N) is 1. The average Bonchev–Trinajstić information content (AvgIpc) is 2.86. The van der Waals surface area contributed by atoms with Crippen molar-refractivity contribution in [2.75, 3.05) is 5.32 Å². The van der Waals surface area contributed by atoms with Crippen molar-refractivity contribution in [3.8, 4) is 0 Å². The van der Waals surface area contributed by atoms with Gasteiger partial charge in [-0.3, -0.25) is 9.48 Å². The predicted octanol–water partition coefficient (Wildman–Crippen LogP) is 2.06. The summed E-state index contributed by atoms with van der Waals surface area (Å²) >= 11 is 0. The SMILES string of the molecule is CCn1cc(NC(=O)c2ccoc2C)cn1. The second-order valence-corrected chi connectivity index (χ2v) is 3.43. The molecule has 0 bridgehead atoms. The number of rotatable bonds is 3. The highest BCUT2D eigenvalue weighted by atomic mass is 16.3. The van der Waals surface area contributed by atoms with Gasteiger partial charge >= 0.3 is 0 Å². The molecule has 0 radical (unpaired) electrons. The first-order valence-electron chi connectivity index (χ1n) is 5.08. The smallest absolute Gasteiger partial charge is 0.259 e. The van der Waals surface area contributed by atoms with Crippen molar-refractivity contribution in [3.63, 3.8) is 0 Å². The van der Waals surface area contributed by atoms with Gasteiger partial charge < -0.3 is 9.73 Å². The Bertz CT molecular complexity index is 499. The zero-order chi connectivity index (χ0) is 11.5. The van der Waals surface area contributed by atoms with E-state index in [1.807, 2.05) is 6.92 Å². The van der Waals surface area contributed by atoms with E-state index in [2.05, 4.69) is 10.4 Å². The normalized spacial score (nSPS) is 10.4. The van der Waals surface area contributed by atoms with E-state index in [1.54, 1.807) is 30.1 Å². The van der Waals surface area contributed by atoms with Gasteiger partial charge in [-0.05, 0) is 19.9 Å². The number of anilines is 1. The number of carbonyl (C=O) groups is 1. The lowest BCUT2D eigenvalue weighted by Gasteiger charge is -2.00. The summed E-state index contributed by atoms with van der Waals surface area (Å²) in [4.78, 5) is 11.8. The van der Waals surface area contributed by atoms with Crippen LogP contribution in [0.1, 0.15) is 23.0 Å². The van der Waals surface area contributed by atoms with Gasteiger partial charge in [0.05, 0.1) is 23.7 Å². The van der Waals surface area contributed by atoms with Gasteiger partial charge in [-0.2, -0.15) is 5.10 Å². The highest BCUT2D eigenvalue weighted by Gasteiger charge is 2.11. The van der Waals surface area contributed by atoms with E-state index >= 15 is 0 Å². The molecule has 0 aliphatic rings. The Kier molecular flexibility index (Phi) is 2.76. The maximum atomic E-state index is 11.8.